The summed E-state index contributed by atoms with van der Waals surface area (Å²) in [6, 6.07) is 3.26. The van der Waals surface area contributed by atoms with Crippen molar-refractivity contribution in [3.8, 4) is 0 Å². The average Bonchev–Trinajstić information content (AvgIpc) is 2.36. The van der Waals surface area contributed by atoms with Gasteiger partial charge in [-0.1, -0.05) is 6.92 Å². The van der Waals surface area contributed by atoms with Crippen molar-refractivity contribution in [1.29, 1.82) is 0 Å². The van der Waals surface area contributed by atoms with Crippen LogP contribution >= 0.6 is 0 Å². The monoisotopic (exact) mass is 303 g/mol. The van der Waals surface area contributed by atoms with Gasteiger partial charge in [0, 0.05) is 30.5 Å². The van der Waals surface area contributed by atoms with Crippen LogP contribution in [0.1, 0.15) is 19.8 Å². The van der Waals surface area contributed by atoms with Crippen LogP contribution in [0.5, 0.6) is 0 Å². The number of nitrogens with two attached hydrogens (primary N) is 1. The molecule has 4 N–H and O–H groups in total. The third-order valence-corrected chi connectivity index (χ3v) is 3.66. The highest BCUT2D eigenvalue weighted by Crippen LogP contribution is 2.24. The van der Waals surface area contributed by atoms with Gasteiger partial charge in [-0.15, -0.1) is 0 Å². The fourth-order valence-electron chi connectivity index (χ4n) is 1.71. The van der Waals surface area contributed by atoms with Crippen molar-refractivity contribution in [3.63, 3.8) is 0 Å². The van der Waals surface area contributed by atoms with E-state index in [9.17, 15) is 18.5 Å². The summed E-state index contributed by atoms with van der Waals surface area (Å²) in [5.41, 5.74) is -0.0820. The zero-order valence-electron chi connectivity index (χ0n) is 10.9. The molecule has 0 aromatic heterocycles. The second-order valence-electron chi connectivity index (χ2n) is 4.28. The highest BCUT2D eigenvalue weighted by Gasteiger charge is 2.17. The molecule has 0 saturated carbocycles. The first-order valence-electron chi connectivity index (χ1n) is 5.97. The van der Waals surface area contributed by atoms with E-state index < -0.39 is 14.9 Å². The van der Waals surface area contributed by atoms with Crippen molar-refractivity contribution in [2.75, 3.05) is 11.9 Å². The number of hydrogen-bond donors (Lipinski definition) is 3. The highest BCUT2D eigenvalue weighted by molar-refractivity contribution is 7.89. The lowest BCUT2D eigenvalue weighted by atomic mass is 10.1. The van der Waals surface area contributed by atoms with E-state index in [1.807, 2.05) is 6.92 Å². The molecule has 0 fully saturated rings. The molecule has 112 valence electrons. The van der Waals surface area contributed by atoms with E-state index in [4.69, 9.17) is 10.2 Å². The van der Waals surface area contributed by atoms with Crippen LogP contribution in [0, 0.1) is 10.1 Å². The van der Waals surface area contributed by atoms with Crippen LogP contribution in [0.4, 0.5) is 11.4 Å². The third-order valence-electron chi connectivity index (χ3n) is 2.77. The van der Waals surface area contributed by atoms with Gasteiger partial charge in [-0.25, -0.2) is 13.6 Å². The number of aliphatic hydroxyl groups excluding tert-OH is 1. The molecule has 0 aliphatic carbocycles. The number of nitrogens with zero attached hydrogens (tertiary/aromatic N) is 1. The average molecular weight is 303 g/mol. The van der Waals surface area contributed by atoms with Crippen LogP contribution < -0.4 is 10.5 Å². The number of aliphatic hydroxyl groups is 1. The Morgan fingerprint density at radius 1 is 1.45 bits per heavy atom. The molecule has 0 bridgehead atoms. The van der Waals surface area contributed by atoms with Gasteiger partial charge in [0.2, 0.25) is 10.0 Å². The van der Waals surface area contributed by atoms with E-state index >= 15 is 0 Å². The molecule has 0 aliphatic heterocycles. The summed E-state index contributed by atoms with van der Waals surface area (Å²) >= 11 is 0. The van der Waals surface area contributed by atoms with Crippen molar-refractivity contribution < 1.29 is 18.4 Å². The Hall–Kier alpha value is -1.71. The summed E-state index contributed by atoms with van der Waals surface area (Å²) in [4.78, 5) is 9.80. The molecule has 0 saturated heterocycles. The summed E-state index contributed by atoms with van der Waals surface area (Å²) in [7, 11) is -4.03. The van der Waals surface area contributed by atoms with Gasteiger partial charge in [0.05, 0.1) is 9.82 Å². The number of rotatable bonds is 7. The summed E-state index contributed by atoms with van der Waals surface area (Å²) in [5, 5.41) is 27.7. The quantitative estimate of drug-likeness (QED) is 0.504. The van der Waals surface area contributed by atoms with E-state index in [2.05, 4.69) is 5.32 Å². The maximum atomic E-state index is 11.3. The molecule has 1 aromatic rings. The van der Waals surface area contributed by atoms with Gasteiger partial charge in [0.1, 0.15) is 0 Å². The Labute approximate surface area is 116 Å². The first-order chi connectivity index (χ1) is 9.27. The van der Waals surface area contributed by atoms with Crippen LogP contribution in [-0.2, 0) is 10.0 Å². The number of non-ortho nitro benzene ring substituents is 1. The van der Waals surface area contributed by atoms with Crippen LogP contribution in [0.2, 0.25) is 0 Å². The molecule has 8 nitrogen and oxygen atoms in total. The van der Waals surface area contributed by atoms with E-state index in [0.29, 0.717) is 12.8 Å². The Balaban J connectivity index is 3.19. The van der Waals surface area contributed by atoms with Gasteiger partial charge in [-0.05, 0) is 18.9 Å². The largest absolute Gasteiger partial charge is 0.396 e. The molecule has 0 radical (unpaired) electrons. The fraction of sp³-hybridized carbons (Fsp3) is 0.455. The number of nitro groups is 1. The summed E-state index contributed by atoms with van der Waals surface area (Å²) in [6.45, 7) is 1.84. The van der Waals surface area contributed by atoms with Gasteiger partial charge in [-0.2, -0.15) is 0 Å². The number of benzene rings is 1. The molecule has 0 spiro atoms. The molecular weight excluding hydrogens is 286 g/mol. The van der Waals surface area contributed by atoms with Crippen molar-refractivity contribution in [1.82, 2.24) is 0 Å². The predicted octanol–water partition coefficient (Wildman–Crippen LogP) is 0.815. The van der Waals surface area contributed by atoms with Gasteiger partial charge >= 0.3 is 0 Å². The summed E-state index contributed by atoms with van der Waals surface area (Å²) in [5.74, 6) is 0. The molecule has 1 atom stereocenters. The van der Waals surface area contributed by atoms with Crippen molar-refractivity contribution in [2.24, 2.45) is 5.14 Å². The zero-order valence-corrected chi connectivity index (χ0v) is 11.8. The number of sulfonamides is 1. The fourth-order valence-corrected chi connectivity index (χ4v) is 2.28. The lowest BCUT2D eigenvalue weighted by Crippen LogP contribution is -2.20. The molecule has 20 heavy (non-hydrogen) atoms. The third kappa shape index (κ3) is 4.44. The summed E-state index contributed by atoms with van der Waals surface area (Å²) in [6.07, 6.45) is 1.12. The Kier molecular flexibility index (Phi) is 5.43. The van der Waals surface area contributed by atoms with Gasteiger partial charge in [-0.3, -0.25) is 10.1 Å². The van der Waals surface area contributed by atoms with E-state index in [-0.39, 0.29) is 28.9 Å². The first kappa shape index (κ1) is 16.3. The molecule has 9 heteroatoms. The minimum Gasteiger partial charge on any atom is -0.396 e. The molecule has 0 amide bonds. The van der Waals surface area contributed by atoms with E-state index in [1.54, 1.807) is 0 Å². The highest BCUT2D eigenvalue weighted by atomic mass is 32.2. The minimum atomic E-state index is -4.03. The lowest BCUT2D eigenvalue weighted by molar-refractivity contribution is -0.385. The Bertz CT molecular complexity index is 588. The normalized spacial score (nSPS) is 12.9. The Morgan fingerprint density at radius 2 is 2.10 bits per heavy atom. The molecule has 0 heterocycles. The van der Waals surface area contributed by atoms with Crippen LogP contribution in [0.15, 0.2) is 23.1 Å². The zero-order chi connectivity index (χ0) is 15.3. The van der Waals surface area contributed by atoms with E-state index in [1.165, 1.54) is 12.1 Å². The van der Waals surface area contributed by atoms with Crippen molar-refractivity contribution >= 4 is 21.4 Å². The number of hydrogen-bond acceptors (Lipinski definition) is 6. The number of primary sulfonamides is 1. The van der Waals surface area contributed by atoms with E-state index in [0.717, 1.165) is 6.07 Å². The molecular formula is C11H17N3O5S. The molecule has 1 rings (SSSR count). The van der Waals surface area contributed by atoms with Crippen molar-refractivity contribution in [2.45, 2.75) is 30.7 Å². The SMILES string of the molecule is CCC(CCO)Nc1cc([N+](=O)[O-])cc(S(N)(=O)=O)c1. The number of nitrogens with one attached hydrogen (secondary N) is 1. The maximum absolute atomic E-state index is 11.3. The molecule has 0 aliphatic rings. The topological polar surface area (TPSA) is 136 Å². The van der Waals surface area contributed by atoms with Crippen molar-refractivity contribution in [3.05, 3.63) is 28.3 Å². The van der Waals surface area contributed by atoms with Crippen LogP contribution in [-0.4, -0.2) is 31.1 Å². The molecule has 1 aromatic carbocycles. The van der Waals surface area contributed by atoms with Gasteiger partial charge in [0.25, 0.3) is 5.69 Å². The standard InChI is InChI=1S/C11H17N3O5S/c1-2-8(3-4-15)13-9-5-10(14(16)17)7-11(6-9)20(12,18)19/h5-8,13,15H,2-4H2,1H3,(H2,12,18,19). The van der Waals surface area contributed by atoms with Gasteiger partial charge in [0.15, 0.2) is 0 Å². The van der Waals surface area contributed by atoms with Gasteiger partial charge < -0.3 is 10.4 Å². The second-order valence-corrected chi connectivity index (χ2v) is 5.84. The first-order valence-corrected chi connectivity index (χ1v) is 7.52. The molecule has 1 unspecified atom stereocenters. The Morgan fingerprint density at radius 3 is 2.55 bits per heavy atom. The predicted molar refractivity (Wildman–Crippen MR) is 73.9 cm³/mol. The maximum Gasteiger partial charge on any atom is 0.272 e. The lowest BCUT2D eigenvalue weighted by Gasteiger charge is -2.17. The number of anilines is 1. The van der Waals surface area contributed by atoms with Crippen LogP contribution in [0.25, 0.3) is 0 Å². The summed E-state index contributed by atoms with van der Waals surface area (Å²) < 4.78 is 22.7. The number of nitro benzene ring substituents is 1. The smallest absolute Gasteiger partial charge is 0.272 e. The van der Waals surface area contributed by atoms with Crippen LogP contribution in [0.3, 0.4) is 0 Å². The minimum absolute atomic E-state index is 0.0392. The second kappa shape index (κ2) is 6.64.